The number of aromatic nitrogens is 1. The number of fused-ring (bicyclic) bond motifs is 3. The summed E-state index contributed by atoms with van der Waals surface area (Å²) in [6.07, 6.45) is 2.49. The highest BCUT2D eigenvalue weighted by Gasteiger charge is 2.46. The normalized spacial score (nSPS) is 20.5. The molecule has 0 bridgehead atoms. The van der Waals surface area contributed by atoms with Crippen molar-refractivity contribution in [2.45, 2.75) is 43.6 Å². The van der Waals surface area contributed by atoms with E-state index in [2.05, 4.69) is 15.6 Å². The van der Waals surface area contributed by atoms with Gasteiger partial charge < -0.3 is 30.0 Å². The van der Waals surface area contributed by atoms with E-state index in [0.29, 0.717) is 30.0 Å². The van der Waals surface area contributed by atoms with Crippen LogP contribution in [0.25, 0.3) is 0 Å². The fourth-order valence-corrected chi connectivity index (χ4v) is 5.45. The largest absolute Gasteiger partial charge is 0.487 e. The molecule has 1 aromatic heterocycles. The number of hydrogen-bond acceptors (Lipinski definition) is 7. The van der Waals surface area contributed by atoms with Crippen molar-refractivity contribution in [3.63, 3.8) is 0 Å². The monoisotopic (exact) mass is 565 g/mol. The van der Waals surface area contributed by atoms with Crippen LogP contribution in [0.5, 0.6) is 17.2 Å². The van der Waals surface area contributed by atoms with Gasteiger partial charge in [0, 0.05) is 36.1 Å². The maximum Gasteiger partial charge on any atom is 0.257 e. The maximum atomic E-state index is 12.9. The number of carbonyl (C=O) groups excluding carboxylic acids is 2. The lowest BCUT2D eigenvalue weighted by Gasteiger charge is -2.37. The second kappa shape index (κ2) is 12.4. The number of rotatable bonds is 9. The Hall–Kier alpha value is -4.73. The molecule has 9 nitrogen and oxygen atoms in total. The van der Waals surface area contributed by atoms with Crippen LogP contribution in [-0.4, -0.2) is 46.8 Å². The highest BCUT2D eigenvalue weighted by molar-refractivity contribution is 6.04. The van der Waals surface area contributed by atoms with Crippen LogP contribution in [0.15, 0.2) is 97.3 Å². The quantitative estimate of drug-likeness (QED) is 0.266. The Morgan fingerprint density at radius 3 is 2.55 bits per heavy atom. The highest BCUT2D eigenvalue weighted by Crippen LogP contribution is 2.47. The molecule has 0 saturated carbocycles. The van der Waals surface area contributed by atoms with Gasteiger partial charge in [-0.1, -0.05) is 30.3 Å². The van der Waals surface area contributed by atoms with E-state index in [9.17, 15) is 14.7 Å². The molecular weight excluding hydrogens is 534 g/mol. The molecule has 0 aliphatic carbocycles. The first-order valence-electron chi connectivity index (χ1n) is 13.9. The summed E-state index contributed by atoms with van der Waals surface area (Å²) in [6, 6.07) is 26.0. The lowest BCUT2D eigenvalue weighted by Crippen LogP contribution is -2.47. The third-order valence-corrected chi connectivity index (χ3v) is 7.49. The van der Waals surface area contributed by atoms with Gasteiger partial charge >= 0.3 is 0 Å². The van der Waals surface area contributed by atoms with E-state index < -0.39 is 12.2 Å². The van der Waals surface area contributed by atoms with Crippen LogP contribution >= 0.6 is 0 Å². The van der Waals surface area contributed by atoms with Crippen molar-refractivity contribution in [2.75, 3.05) is 11.9 Å². The predicted molar refractivity (Wildman–Crippen MR) is 156 cm³/mol. The van der Waals surface area contributed by atoms with Crippen molar-refractivity contribution in [2.24, 2.45) is 0 Å². The second-order valence-electron chi connectivity index (χ2n) is 10.4. The molecule has 1 saturated heterocycles. The van der Waals surface area contributed by atoms with Gasteiger partial charge in [-0.3, -0.25) is 14.6 Å². The lowest BCUT2D eigenvalue weighted by atomic mass is 9.84. The van der Waals surface area contributed by atoms with Crippen molar-refractivity contribution in [3.8, 4) is 17.2 Å². The molecule has 6 rings (SSSR count). The van der Waals surface area contributed by atoms with Gasteiger partial charge in [-0.2, -0.15) is 0 Å². The van der Waals surface area contributed by atoms with Crippen molar-refractivity contribution in [1.29, 1.82) is 0 Å². The predicted octanol–water partition coefficient (Wildman–Crippen LogP) is 4.83. The lowest BCUT2D eigenvalue weighted by molar-refractivity contribution is -0.142. The topological polar surface area (TPSA) is 119 Å². The molecule has 2 amide bonds. The fraction of sp³-hybridized carbons (Fsp3) is 0.242. The summed E-state index contributed by atoms with van der Waals surface area (Å²) in [5.74, 6) is 1.68. The molecule has 42 heavy (non-hydrogen) atoms. The van der Waals surface area contributed by atoms with Crippen molar-refractivity contribution in [3.05, 3.63) is 114 Å². The Morgan fingerprint density at radius 1 is 0.976 bits per heavy atom. The summed E-state index contributed by atoms with van der Waals surface area (Å²) in [5.41, 5.74) is 2.96. The Kier molecular flexibility index (Phi) is 8.12. The number of anilines is 1. The van der Waals surface area contributed by atoms with Gasteiger partial charge in [0.05, 0.1) is 24.7 Å². The van der Waals surface area contributed by atoms with Gasteiger partial charge in [0.25, 0.3) is 5.91 Å². The summed E-state index contributed by atoms with van der Waals surface area (Å²) in [6.45, 7) is 0.147. The Labute approximate surface area is 243 Å². The molecule has 3 aromatic carbocycles. The van der Waals surface area contributed by atoms with Gasteiger partial charge in [-0.05, 0) is 66.6 Å². The third kappa shape index (κ3) is 6.27. The van der Waals surface area contributed by atoms with Crippen LogP contribution in [-0.2, 0) is 16.1 Å². The average molecular weight is 566 g/mol. The molecule has 0 radical (unpaired) electrons. The summed E-state index contributed by atoms with van der Waals surface area (Å²) in [5, 5.41) is 15.9. The van der Waals surface area contributed by atoms with Crippen LogP contribution in [0.4, 0.5) is 5.69 Å². The number of nitrogens with one attached hydrogen (secondary N) is 2. The number of pyridine rings is 1. The van der Waals surface area contributed by atoms with Gasteiger partial charge in [0.15, 0.2) is 0 Å². The molecule has 0 spiro atoms. The van der Waals surface area contributed by atoms with Crippen LogP contribution < -0.4 is 20.1 Å². The molecule has 2 aliphatic rings. The number of nitrogens with zero attached hydrogens (tertiary/aromatic N) is 1. The van der Waals surface area contributed by atoms with Crippen molar-refractivity contribution >= 4 is 17.5 Å². The summed E-state index contributed by atoms with van der Waals surface area (Å²) >= 11 is 0. The smallest absolute Gasteiger partial charge is 0.257 e. The fourth-order valence-electron chi connectivity index (χ4n) is 5.45. The number of ether oxygens (including phenoxy) is 3. The standard InChI is InChI=1S/C33H31N3O6/c37-20-30-32-28(27-15-23(10-13-29(27)42-32)36-33(39)22-5-4-14-34-19-22)16-26(41-30)17-31(38)35-18-21-8-11-25(12-9-21)40-24-6-2-1-3-7-24/h1-15,19,26,28,30,32,37H,16-18,20H2,(H,35,38)(H,36,39)/t26-,28-,30-,32+/m0/s1. The molecule has 0 unspecified atom stereocenters. The van der Waals surface area contributed by atoms with E-state index in [4.69, 9.17) is 14.2 Å². The molecule has 4 aromatic rings. The summed E-state index contributed by atoms with van der Waals surface area (Å²) in [7, 11) is 0. The second-order valence-corrected chi connectivity index (χ2v) is 10.4. The van der Waals surface area contributed by atoms with Gasteiger partial charge in [-0.15, -0.1) is 0 Å². The zero-order valence-electron chi connectivity index (χ0n) is 22.8. The zero-order chi connectivity index (χ0) is 28.9. The van der Waals surface area contributed by atoms with Gasteiger partial charge in [0.2, 0.25) is 5.91 Å². The van der Waals surface area contributed by atoms with E-state index in [1.54, 1.807) is 24.4 Å². The van der Waals surface area contributed by atoms with Crippen LogP contribution in [0, 0.1) is 0 Å². The van der Waals surface area contributed by atoms with Crippen molar-refractivity contribution in [1.82, 2.24) is 10.3 Å². The number of aliphatic hydroxyl groups excluding tert-OH is 1. The molecule has 3 N–H and O–H groups in total. The Morgan fingerprint density at radius 2 is 1.79 bits per heavy atom. The number of hydrogen-bond donors (Lipinski definition) is 3. The minimum absolute atomic E-state index is 0.0869. The van der Waals surface area contributed by atoms with Crippen LogP contribution in [0.2, 0.25) is 0 Å². The zero-order valence-corrected chi connectivity index (χ0v) is 22.8. The molecule has 9 heteroatoms. The first kappa shape index (κ1) is 27.4. The minimum atomic E-state index is -0.570. The number of aliphatic hydroxyl groups is 1. The van der Waals surface area contributed by atoms with E-state index >= 15 is 0 Å². The first-order valence-corrected chi connectivity index (χ1v) is 13.9. The Bertz CT molecular complexity index is 1530. The minimum Gasteiger partial charge on any atom is -0.487 e. The van der Waals surface area contributed by atoms with Gasteiger partial charge in [0.1, 0.15) is 29.5 Å². The Balaban J connectivity index is 1.06. The maximum absolute atomic E-state index is 12.9. The number of carbonyl (C=O) groups is 2. The molecule has 2 aliphatic heterocycles. The summed E-state index contributed by atoms with van der Waals surface area (Å²) in [4.78, 5) is 29.5. The third-order valence-electron chi connectivity index (χ3n) is 7.49. The molecule has 3 heterocycles. The van der Waals surface area contributed by atoms with E-state index in [0.717, 1.165) is 22.6 Å². The highest BCUT2D eigenvalue weighted by atomic mass is 16.6. The van der Waals surface area contributed by atoms with Crippen molar-refractivity contribution < 1.29 is 28.9 Å². The number of para-hydroxylation sites is 1. The first-order chi connectivity index (χ1) is 20.6. The molecule has 4 atom stereocenters. The van der Waals surface area contributed by atoms with Crippen LogP contribution in [0.1, 0.15) is 40.2 Å². The average Bonchev–Trinajstić information content (AvgIpc) is 3.39. The molecule has 214 valence electrons. The number of benzene rings is 3. The van der Waals surface area contributed by atoms with E-state index in [1.165, 1.54) is 6.20 Å². The van der Waals surface area contributed by atoms with E-state index in [-0.39, 0.29) is 36.9 Å². The molecular formula is C33H31N3O6. The molecule has 1 fully saturated rings. The van der Waals surface area contributed by atoms with Gasteiger partial charge in [-0.25, -0.2) is 0 Å². The van der Waals surface area contributed by atoms with E-state index in [1.807, 2.05) is 66.7 Å². The summed E-state index contributed by atoms with van der Waals surface area (Å²) < 4.78 is 18.1. The van der Waals surface area contributed by atoms with Crippen LogP contribution in [0.3, 0.4) is 0 Å². The number of amides is 2. The SMILES string of the molecule is O=C(C[C@@H]1C[C@H]2c3cc(NC(=O)c4cccnc4)ccc3O[C@H]2[C@H](CO)O1)NCc1ccc(Oc2ccccc2)cc1.